The molecule has 0 atom stereocenters. The van der Waals surface area contributed by atoms with Crippen LogP contribution in [0.25, 0.3) is 0 Å². The molecule has 0 saturated heterocycles. The lowest BCUT2D eigenvalue weighted by atomic mass is 10.1. The van der Waals surface area contributed by atoms with Gasteiger partial charge in [-0.1, -0.05) is 18.2 Å². The van der Waals surface area contributed by atoms with E-state index in [1.807, 2.05) is 26.0 Å². The standard InChI is InChI=1S/C8H12O2Si/c1-6-4-3-5-8(7(6)2)11(9)10/h3-5,9-11H,1-2H3. The molecule has 11 heavy (non-hydrogen) atoms. The highest BCUT2D eigenvalue weighted by molar-refractivity contribution is 6.59. The van der Waals surface area contributed by atoms with Crippen LogP contribution >= 0.6 is 0 Å². The highest BCUT2D eigenvalue weighted by Crippen LogP contribution is 2.02. The third-order valence-corrected chi connectivity index (χ3v) is 3.11. The van der Waals surface area contributed by atoms with E-state index in [1.165, 1.54) is 0 Å². The molecular weight excluding hydrogens is 156 g/mol. The van der Waals surface area contributed by atoms with Crippen molar-refractivity contribution in [1.82, 2.24) is 0 Å². The summed E-state index contributed by atoms with van der Waals surface area (Å²) in [4.78, 5) is 18.0. The predicted molar refractivity (Wildman–Crippen MR) is 47.1 cm³/mol. The van der Waals surface area contributed by atoms with Gasteiger partial charge in [0.15, 0.2) is 0 Å². The Morgan fingerprint density at radius 2 is 1.82 bits per heavy atom. The van der Waals surface area contributed by atoms with Gasteiger partial charge in [-0.3, -0.25) is 0 Å². The van der Waals surface area contributed by atoms with E-state index in [9.17, 15) is 0 Å². The summed E-state index contributed by atoms with van der Waals surface area (Å²) >= 11 is 0. The van der Waals surface area contributed by atoms with E-state index in [0.717, 1.165) is 16.3 Å². The van der Waals surface area contributed by atoms with Crippen molar-refractivity contribution in [3.63, 3.8) is 0 Å². The molecule has 1 aromatic carbocycles. The molecule has 0 aliphatic carbocycles. The second-order valence-corrected chi connectivity index (χ2v) is 4.03. The summed E-state index contributed by atoms with van der Waals surface area (Å²) in [5.41, 5.74) is 2.12. The monoisotopic (exact) mass is 168 g/mol. The Morgan fingerprint density at radius 1 is 1.18 bits per heavy atom. The molecule has 0 radical (unpaired) electrons. The summed E-state index contributed by atoms with van der Waals surface area (Å²) in [6, 6.07) is 5.60. The topological polar surface area (TPSA) is 40.5 Å². The molecule has 0 aliphatic heterocycles. The minimum absolute atomic E-state index is 0.727. The Labute approximate surface area is 68.0 Å². The Bertz CT molecular complexity index is 258. The van der Waals surface area contributed by atoms with Crippen LogP contribution in [0.1, 0.15) is 11.1 Å². The number of hydrogen-bond acceptors (Lipinski definition) is 2. The van der Waals surface area contributed by atoms with Crippen LogP contribution in [-0.4, -0.2) is 18.9 Å². The van der Waals surface area contributed by atoms with Crippen molar-refractivity contribution in [2.24, 2.45) is 0 Å². The van der Waals surface area contributed by atoms with Crippen molar-refractivity contribution in [1.29, 1.82) is 0 Å². The Hall–Kier alpha value is -0.643. The summed E-state index contributed by atoms with van der Waals surface area (Å²) in [5.74, 6) is 0. The smallest absolute Gasteiger partial charge is 0.350 e. The zero-order chi connectivity index (χ0) is 8.43. The summed E-state index contributed by atoms with van der Waals surface area (Å²) in [7, 11) is -2.60. The van der Waals surface area contributed by atoms with Crippen LogP contribution in [0.5, 0.6) is 0 Å². The van der Waals surface area contributed by atoms with Crippen molar-refractivity contribution < 1.29 is 9.59 Å². The molecule has 0 amide bonds. The van der Waals surface area contributed by atoms with Gasteiger partial charge in [0.25, 0.3) is 0 Å². The molecule has 0 aromatic heterocycles. The fraction of sp³-hybridized carbons (Fsp3) is 0.250. The van der Waals surface area contributed by atoms with Gasteiger partial charge in [0.05, 0.1) is 0 Å². The summed E-state index contributed by atoms with van der Waals surface area (Å²) in [6.07, 6.45) is 0. The van der Waals surface area contributed by atoms with Crippen molar-refractivity contribution in [3.8, 4) is 0 Å². The van der Waals surface area contributed by atoms with E-state index in [4.69, 9.17) is 9.59 Å². The molecule has 0 unspecified atom stereocenters. The van der Waals surface area contributed by atoms with Gasteiger partial charge in [0.1, 0.15) is 0 Å². The highest BCUT2D eigenvalue weighted by atomic mass is 28.3. The average Bonchev–Trinajstić information content (AvgIpc) is 1.94. The van der Waals surface area contributed by atoms with Crippen LogP contribution in [0.2, 0.25) is 0 Å². The van der Waals surface area contributed by atoms with E-state index >= 15 is 0 Å². The Kier molecular flexibility index (Phi) is 2.44. The van der Waals surface area contributed by atoms with Crippen molar-refractivity contribution in [2.45, 2.75) is 13.8 Å². The summed E-state index contributed by atoms with van der Waals surface area (Å²) in [6.45, 7) is 3.88. The van der Waals surface area contributed by atoms with Gasteiger partial charge in [0.2, 0.25) is 0 Å². The SMILES string of the molecule is Cc1cccc([SiH](O)O)c1C. The molecule has 3 heteroatoms. The van der Waals surface area contributed by atoms with Crippen LogP contribution < -0.4 is 5.19 Å². The number of aryl methyl sites for hydroxylation is 1. The van der Waals surface area contributed by atoms with E-state index < -0.39 is 9.28 Å². The molecule has 1 rings (SSSR count). The maximum absolute atomic E-state index is 9.02. The molecular formula is C8H12O2Si. The number of rotatable bonds is 1. The van der Waals surface area contributed by atoms with Crippen molar-refractivity contribution in [2.75, 3.05) is 0 Å². The molecule has 0 fully saturated rings. The number of benzene rings is 1. The second kappa shape index (κ2) is 3.17. The van der Waals surface area contributed by atoms with Crippen LogP contribution in [0.15, 0.2) is 18.2 Å². The minimum atomic E-state index is -2.60. The van der Waals surface area contributed by atoms with Crippen molar-refractivity contribution in [3.05, 3.63) is 29.3 Å². The predicted octanol–water partition coefficient (Wildman–Crippen LogP) is -0.284. The lowest BCUT2D eigenvalue weighted by Gasteiger charge is -2.07. The third kappa shape index (κ3) is 1.68. The van der Waals surface area contributed by atoms with Gasteiger partial charge >= 0.3 is 9.28 Å². The van der Waals surface area contributed by atoms with Gasteiger partial charge in [0, 0.05) is 0 Å². The van der Waals surface area contributed by atoms with Gasteiger partial charge in [-0.2, -0.15) is 0 Å². The van der Waals surface area contributed by atoms with E-state index in [1.54, 1.807) is 6.07 Å². The van der Waals surface area contributed by atoms with Crippen LogP contribution in [-0.2, 0) is 0 Å². The Morgan fingerprint density at radius 3 is 2.27 bits per heavy atom. The first-order valence-corrected chi connectivity index (χ1v) is 5.16. The first-order chi connectivity index (χ1) is 5.13. The fourth-order valence-electron chi connectivity index (χ4n) is 1.05. The first-order valence-electron chi connectivity index (χ1n) is 3.55. The molecule has 0 bridgehead atoms. The average molecular weight is 168 g/mol. The molecule has 1 aromatic rings. The normalized spacial score (nSPS) is 10.6. The lowest BCUT2D eigenvalue weighted by molar-refractivity contribution is 0.425. The third-order valence-electron chi connectivity index (χ3n) is 1.92. The maximum Gasteiger partial charge on any atom is 0.350 e. The highest BCUT2D eigenvalue weighted by Gasteiger charge is 2.09. The van der Waals surface area contributed by atoms with E-state index in [0.29, 0.717) is 0 Å². The lowest BCUT2D eigenvalue weighted by Crippen LogP contribution is -2.32. The zero-order valence-electron chi connectivity index (χ0n) is 6.70. The largest absolute Gasteiger partial charge is 0.410 e. The van der Waals surface area contributed by atoms with Crippen LogP contribution in [0.3, 0.4) is 0 Å². The molecule has 2 N–H and O–H groups in total. The quantitative estimate of drug-likeness (QED) is 0.566. The summed E-state index contributed by atoms with van der Waals surface area (Å²) in [5, 5.41) is 0.727. The van der Waals surface area contributed by atoms with Gasteiger partial charge in [-0.15, -0.1) is 0 Å². The fourth-order valence-corrected chi connectivity index (χ4v) is 1.95. The van der Waals surface area contributed by atoms with Gasteiger partial charge < -0.3 is 9.59 Å². The molecule has 60 valence electrons. The molecule has 0 saturated carbocycles. The number of hydrogen-bond donors (Lipinski definition) is 2. The van der Waals surface area contributed by atoms with E-state index in [2.05, 4.69) is 0 Å². The second-order valence-electron chi connectivity index (χ2n) is 2.66. The maximum atomic E-state index is 9.02. The molecule has 0 heterocycles. The van der Waals surface area contributed by atoms with Gasteiger partial charge in [-0.25, -0.2) is 0 Å². The van der Waals surface area contributed by atoms with Crippen molar-refractivity contribution >= 4 is 14.5 Å². The molecule has 2 nitrogen and oxygen atoms in total. The van der Waals surface area contributed by atoms with Crippen LogP contribution in [0, 0.1) is 13.8 Å². The zero-order valence-corrected chi connectivity index (χ0v) is 7.86. The Balaban J connectivity index is 3.17. The van der Waals surface area contributed by atoms with Crippen LogP contribution in [0.4, 0.5) is 0 Å². The molecule has 0 aliphatic rings. The minimum Gasteiger partial charge on any atom is -0.410 e. The first kappa shape index (κ1) is 8.45. The molecule has 0 spiro atoms. The van der Waals surface area contributed by atoms with Gasteiger partial charge in [-0.05, 0) is 30.2 Å². The van der Waals surface area contributed by atoms with E-state index in [-0.39, 0.29) is 0 Å². The summed E-state index contributed by atoms with van der Waals surface area (Å²) < 4.78 is 0.